The molecule has 1 N–H and O–H groups in total. The molecule has 0 spiro atoms. The molecule has 0 aromatic heterocycles. The van der Waals surface area contributed by atoms with Gasteiger partial charge in [-0.05, 0) is 32.9 Å². The van der Waals surface area contributed by atoms with Crippen LogP contribution in [0.15, 0.2) is 24.3 Å². The standard InChI is InChI=1S/C14H20O5/c1-14(2,3)19-13(16)10-18-12-6-4-5-11(9-12)17-8-7-15/h4-6,9,15H,7-8,10H2,1-3H3. The van der Waals surface area contributed by atoms with Crippen LogP contribution in [0.2, 0.25) is 0 Å². The number of ether oxygens (including phenoxy) is 3. The zero-order chi connectivity index (χ0) is 14.3. The van der Waals surface area contributed by atoms with Crippen molar-refractivity contribution in [3.8, 4) is 11.5 Å². The van der Waals surface area contributed by atoms with E-state index < -0.39 is 11.6 Å². The molecule has 0 aliphatic rings. The summed E-state index contributed by atoms with van der Waals surface area (Å²) in [5.41, 5.74) is -0.521. The first-order valence-corrected chi connectivity index (χ1v) is 6.09. The van der Waals surface area contributed by atoms with Crippen LogP contribution in [0.4, 0.5) is 0 Å². The molecule has 1 rings (SSSR count). The molecule has 0 amide bonds. The molecule has 0 aliphatic carbocycles. The third kappa shape index (κ3) is 6.67. The van der Waals surface area contributed by atoms with Gasteiger partial charge < -0.3 is 19.3 Å². The molecule has 0 saturated carbocycles. The average molecular weight is 268 g/mol. The molecule has 5 heteroatoms. The zero-order valence-corrected chi connectivity index (χ0v) is 11.5. The average Bonchev–Trinajstić information content (AvgIpc) is 2.32. The number of carbonyl (C=O) groups is 1. The van der Waals surface area contributed by atoms with Crippen LogP contribution in [0, 0.1) is 0 Å². The van der Waals surface area contributed by atoms with Gasteiger partial charge in [-0.2, -0.15) is 0 Å². The quantitative estimate of drug-likeness (QED) is 0.797. The maximum atomic E-state index is 11.5. The first-order chi connectivity index (χ1) is 8.90. The van der Waals surface area contributed by atoms with E-state index in [4.69, 9.17) is 19.3 Å². The summed E-state index contributed by atoms with van der Waals surface area (Å²) in [6.07, 6.45) is 0. The summed E-state index contributed by atoms with van der Waals surface area (Å²) in [6.45, 7) is 5.41. The van der Waals surface area contributed by atoms with Crippen LogP contribution in [-0.4, -0.2) is 36.5 Å². The lowest BCUT2D eigenvalue weighted by Crippen LogP contribution is -2.27. The van der Waals surface area contributed by atoms with Crippen molar-refractivity contribution in [2.75, 3.05) is 19.8 Å². The van der Waals surface area contributed by atoms with Crippen LogP contribution < -0.4 is 9.47 Å². The van der Waals surface area contributed by atoms with Crippen molar-refractivity contribution in [1.82, 2.24) is 0 Å². The van der Waals surface area contributed by atoms with E-state index in [1.807, 2.05) is 0 Å². The molecule has 5 nitrogen and oxygen atoms in total. The van der Waals surface area contributed by atoms with Crippen LogP contribution in [0.25, 0.3) is 0 Å². The Morgan fingerprint density at radius 3 is 2.42 bits per heavy atom. The molecule has 0 bridgehead atoms. The summed E-state index contributed by atoms with van der Waals surface area (Å²) < 4.78 is 15.7. The van der Waals surface area contributed by atoms with E-state index >= 15 is 0 Å². The van der Waals surface area contributed by atoms with Crippen molar-refractivity contribution >= 4 is 5.97 Å². The minimum absolute atomic E-state index is 0.0526. The van der Waals surface area contributed by atoms with E-state index in [0.717, 1.165) is 0 Å². The molecule has 0 unspecified atom stereocenters. The molecule has 0 fully saturated rings. The Kier molecular flexibility index (Phi) is 5.63. The molecule has 0 atom stereocenters. The van der Waals surface area contributed by atoms with E-state index in [0.29, 0.717) is 11.5 Å². The Morgan fingerprint density at radius 1 is 1.21 bits per heavy atom. The van der Waals surface area contributed by atoms with Gasteiger partial charge in [-0.15, -0.1) is 0 Å². The first-order valence-electron chi connectivity index (χ1n) is 6.09. The number of rotatable bonds is 6. The van der Waals surface area contributed by atoms with Gasteiger partial charge in [-0.25, -0.2) is 4.79 Å². The summed E-state index contributed by atoms with van der Waals surface area (Å²) in [5.74, 6) is 0.672. The lowest BCUT2D eigenvalue weighted by atomic mass is 10.2. The van der Waals surface area contributed by atoms with E-state index in [9.17, 15) is 4.79 Å². The number of esters is 1. The fraction of sp³-hybridized carbons (Fsp3) is 0.500. The van der Waals surface area contributed by atoms with Crippen LogP contribution >= 0.6 is 0 Å². The summed E-state index contributed by atoms with van der Waals surface area (Å²) in [7, 11) is 0. The van der Waals surface area contributed by atoms with Gasteiger partial charge in [0.05, 0.1) is 6.61 Å². The Morgan fingerprint density at radius 2 is 1.84 bits per heavy atom. The number of hydrogen-bond donors (Lipinski definition) is 1. The van der Waals surface area contributed by atoms with Gasteiger partial charge in [0.25, 0.3) is 0 Å². The van der Waals surface area contributed by atoms with Gasteiger partial charge in [0.2, 0.25) is 0 Å². The van der Waals surface area contributed by atoms with E-state index in [1.165, 1.54) is 0 Å². The lowest BCUT2D eigenvalue weighted by Gasteiger charge is -2.19. The third-order valence-corrected chi connectivity index (χ3v) is 1.94. The van der Waals surface area contributed by atoms with Crippen molar-refractivity contribution in [3.05, 3.63) is 24.3 Å². The van der Waals surface area contributed by atoms with Crippen molar-refractivity contribution in [2.24, 2.45) is 0 Å². The predicted molar refractivity (Wildman–Crippen MR) is 70.4 cm³/mol. The molecule has 0 saturated heterocycles. The Labute approximate surface area is 113 Å². The molecule has 0 aliphatic heterocycles. The summed E-state index contributed by atoms with van der Waals surface area (Å²) in [5, 5.41) is 8.66. The highest BCUT2D eigenvalue weighted by molar-refractivity contribution is 5.71. The fourth-order valence-electron chi connectivity index (χ4n) is 1.33. The molecular weight excluding hydrogens is 248 g/mol. The van der Waals surface area contributed by atoms with Crippen molar-refractivity contribution in [2.45, 2.75) is 26.4 Å². The lowest BCUT2D eigenvalue weighted by molar-refractivity contribution is -0.157. The van der Waals surface area contributed by atoms with Crippen LogP contribution in [0.3, 0.4) is 0 Å². The second kappa shape index (κ2) is 6.99. The van der Waals surface area contributed by atoms with Crippen LogP contribution in [0.1, 0.15) is 20.8 Å². The van der Waals surface area contributed by atoms with E-state index in [2.05, 4.69) is 0 Å². The highest BCUT2D eigenvalue weighted by Crippen LogP contribution is 2.19. The first kappa shape index (κ1) is 15.3. The van der Waals surface area contributed by atoms with Gasteiger partial charge in [0.15, 0.2) is 6.61 Å². The normalized spacial score (nSPS) is 10.9. The third-order valence-electron chi connectivity index (χ3n) is 1.94. The number of aliphatic hydroxyl groups excluding tert-OH is 1. The second-order valence-electron chi connectivity index (χ2n) is 4.92. The minimum atomic E-state index is -0.521. The number of carbonyl (C=O) groups excluding carboxylic acids is 1. The highest BCUT2D eigenvalue weighted by Gasteiger charge is 2.16. The van der Waals surface area contributed by atoms with Gasteiger partial charge in [0.1, 0.15) is 23.7 Å². The van der Waals surface area contributed by atoms with E-state index in [1.54, 1.807) is 45.0 Å². The summed E-state index contributed by atoms with van der Waals surface area (Å²) in [4.78, 5) is 11.5. The molecule has 0 radical (unpaired) electrons. The van der Waals surface area contributed by atoms with Crippen molar-refractivity contribution < 1.29 is 24.1 Å². The van der Waals surface area contributed by atoms with Gasteiger partial charge >= 0.3 is 5.97 Å². The molecule has 19 heavy (non-hydrogen) atoms. The molecule has 1 aromatic carbocycles. The largest absolute Gasteiger partial charge is 0.491 e. The van der Waals surface area contributed by atoms with Gasteiger partial charge in [-0.3, -0.25) is 0 Å². The topological polar surface area (TPSA) is 65.0 Å². The molecule has 0 heterocycles. The van der Waals surface area contributed by atoms with Gasteiger partial charge in [0, 0.05) is 6.07 Å². The Hall–Kier alpha value is -1.75. The van der Waals surface area contributed by atoms with Crippen LogP contribution in [-0.2, 0) is 9.53 Å². The Balaban J connectivity index is 2.46. The fourth-order valence-corrected chi connectivity index (χ4v) is 1.33. The minimum Gasteiger partial charge on any atom is -0.491 e. The van der Waals surface area contributed by atoms with Crippen molar-refractivity contribution in [1.29, 1.82) is 0 Å². The maximum absolute atomic E-state index is 11.5. The summed E-state index contributed by atoms with van der Waals surface area (Å²) in [6, 6.07) is 6.86. The molecule has 106 valence electrons. The second-order valence-corrected chi connectivity index (χ2v) is 4.92. The Bertz CT molecular complexity index is 409. The monoisotopic (exact) mass is 268 g/mol. The summed E-state index contributed by atoms with van der Waals surface area (Å²) >= 11 is 0. The maximum Gasteiger partial charge on any atom is 0.344 e. The number of benzene rings is 1. The van der Waals surface area contributed by atoms with Crippen molar-refractivity contribution in [3.63, 3.8) is 0 Å². The smallest absolute Gasteiger partial charge is 0.344 e. The molecular formula is C14H20O5. The van der Waals surface area contributed by atoms with Crippen LogP contribution in [0.5, 0.6) is 11.5 Å². The highest BCUT2D eigenvalue weighted by atomic mass is 16.6. The van der Waals surface area contributed by atoms with E-state index in [-0.39, 0.29) is 19.8 Å². The predicted octanol–water partition coefficient (Wildman–Crippen LogP) is 1.78. The SMILES string of the molecule is CC(C)(C)OC(=O)COc1cccc(OCCO)c1. The molecule has 1 aromatic rings. The number of aliphatic hydroxyl groups is 1. The number of hydrogen-bond acceptors (Lipinski definition) is 5. The zero-order valence-electron chi connectivity index (χ0n) is 11.5. The van der Waals surface area contributed by atoms with Gasteiger partial charge in [-0.1, -0.05) is 6.07 Å².